The second-order valence-electron chi connectivity index (χ2n) is 3.39. The lowest BCUT2D eigenvalue weighted by molar-refractivity contribution is 0.0714. The van der Waals surface area contributed by atoms with E-state index in [-0.39, 0.29) is 5.60 Å². The monoisotopic (exact) mass is 206 g/mol. The summed E-state index contributed by atoms with van der Waals surface area (Å²) >= 11 is 1.43. The van der Waals surface area contributed by atoms with Gasteiger partial charge in [-0.3, -0.25) is 0 Å². The third-order valence-electron chi connectivity index (χ3n) is 2.55. The van der Waals surface area contributed by atoms with Gasteiger partial charge < -0.3 is 4.74 Å². The smallest absolute Gasteiger partial charge is 0.174 e. The highest BCUT2D eigenvalue weighted by Gasteiger charge is 2.47. The maximum atomic E-state index is 5.40. The molecule has 14 heavy (non-hydrogen) atoms. The van der Waals surface area contributed by atoms with Gasteiger partial charge in [0.25, 0.3) is 0 Å². The molecule has 1 fully saturated rings. The van der Waals surface area contributed by atoms with Gasteiger partial charge in [-0.15, -0.1) is 11.3 Å². The number of nitrogens with zero attached hydrogens (tertiary/aromatic N) is 3. The SMILES string of the molecule is COC1(c2ncc3s[c]nc3n2)CC1. The summed E-state index contributed by atoms with van der Waals surface area (Å²) in [5.74, 6) is 0.756. The molecule has 3 rings (SSSR count). The molecule has 2 heterocycles. The van der Waals surface area contributed by atoms with E-state index < -0.39 is 0 Å². The highest BCUT2D eigenvalue weighted by molar-refractivity contribution is 7.16. The fraction of sp³-hybridized carbons (Fsp3) is 0.444. The highest BCUT2D eigenvalue weighted by atomic mass is 32.1. The van der Waals surface area contributed by atoms with Gasteiger partial charge >= 0.3 is 0 Å². The number of hydrogen-bond acceptors (Lipinski definition) is 5. The number of thiazole rings is 1. The van der Waals surface area contributed by atoms with Crippen LogP contribution in [0.25, 0.3) is 10.3 Å². The Labute approximate surface area is 85.0 Å². The summed E-state index contributed by atoms with van der Waals surface area (Å²) in [6.45, 7) is 0. The minimum atomic E-state index is -0.224. The van der Waals surface area contributed by atoms with E-state index in [2.05, 4.69) is 20.5 Å². The lowest BCUT2D eigenvalue weighted by atomic mass is 10.3. The third-order valence-corrected chi connectivity index (χ3v) is 3.24. The Morgan fingerprint density at radius 1 is 1.57 bits per heavy atom. The largest absolute Gasteiger partial charge is 0.370 e. The van der Waals surface area contributed by atoms with Crippen LogP contribution in [-0.4, -0.2) is 22.1 Å². The fourth-order valence-electron chi connectivity index (χ4n) is 1.48. The van der Waals surface area contributed by atoms with Crippen molar-refractivity contribution in [3.05, 3.63) is 17.5 Å². The molecule has 1 aliphatic carbocycles. The average molecular weight is 206 g/mol. The van der Waals surface area contributed by atoms with E-state index in [0.717, 1.165) is 29.0 Å². The lowest BCUT2D eigenvalue weighted by Crippen LogP contribution is -2.13. The van der Waals surface area contributed by atoms with E-state index in [9.17, 15) is 0 Å². The van der Waals surface area contributed by atoms with E-state index in [1.807, 2.05) is 0 Å². The molecule has 0 bridgehead atoms. The molecule has 2 aromatic rings. The standard InChI is InChI=1S/C9H8N3OS/c1-13-9(2-3-9)8-10-4-6-7(12-8)11-5-14-6/h4H,2-3H2,1H3. The molecule has 1 aliphatic rings. The summed E-state index contributed by atoms with van der Waals surface area (Å²) < 4.78 is 6.37. The Balaban J connectivity index is 2.13. The number of rotatable bonds is 2. The van der Waals surface area contributed by atoms with Crippen molar-refractivity contribution in [2.24, 2.45) is 0 Å². The molecule has 1 radical (unpaired) electrons. The van der Waals surface area contributed by atoms with Crippen molar-refractivity contribution < 1.29 is 4.74 Å². The Kier molecular flexibility index (Phi) is 1.60. The minimum absolute atomic E-state index is 0.224. The minimum Gasteiger partial charge on any atom is -0.370 e. The van der Waals surface area contributed by atoms with E-state index in [1.165, 1.54) is 11.3 Å². The van der Waals surface area contributed by atoms with Crippen LogP contribution in [0.1, 0.15) is 18.7 Å². The molecule has 1 saturated carbocycles. The van der Waals surface area contributed by atoms with Crippen LogP contribution in [0.4, 0.5) is 0 Å². The van der Waals surface area contributed by atoms with Crippen LogP contribution < -0.4 is 0 Å². The number of fused-ring (bicyclic) bond motifs is 1. The van der Waals surface area contributed by atoms with Crippen molar-refractivity contribution in [1.82, 2.24) is 15.0 Å². The van der Waals surface area contributed by atoms with Gasteiger partial charge in [0.2, 0.25) is 0 Å². The molecule has 0 aromatic carbocycles. The molecule has 0 N–H and O–H groups in total. The Hall–Kier alpha value is -1.07. The average Bonchev–Trinajstić information content (AvgIpc) is 2.89. The van der Waals surface area contributed by atoms with Crippen molar-refractivity contribution >= 4 is 21.7 Å². The van der Waals surface area contributed by atoms with Gasteiger partial charge in [0.05, 0.1) is 10.9 Å². The first-order valence-electron chi connectivity index (χ1n) is 4.39. The van der Waals surface area contributed by atoms with Crippen LogP contribution in [0.2, 0.25) is 0 Å². The summed E-state index contributed by atoms with van der Waals surface area (Å²) in [5, 5.41) is 0. The third kappa shape index (κ3) is 1.06. The zero-order valence-electron chi connectivity index (χ0n) is 7.65. The molecule has 2 aromatic heterocycles. The van der Waals surface area contributed by atoms with Gasteiger partial charge in [-0.05, 0) is 12.8 Å². The molecular formula is C9H8N3OS. The number of hydrogen-bond donors (Lipinski definition) is 0. The quantitative estimate of drug-likeness (QED) is 0.747. The molecule has 71 valence electrons. The maximum absolute atomic E-state index is 5.40. The van der Waals surface area contributed by atoms with Crippen LogP contribution in [0.15, 0.2) is 6.20 Å². The number of methoxy groups -OCH3 is 1. The van der Waals surface area contributed by atoms with Gasteiger partial charge in [-0.2, -0.15) is 0 Å². The summed E-state index contributed by atoms with van der Waals surface area (Å²) in [5.41, 5.74) is 3.30. The van der Waals surface area contributed by atoms with Gasteiger partial charge in [0.15, 0.2) is 17.0 Å². The van der Waals surface area contributed by atoms with Crippen LogP contribution in [0, 0.1) is 5.51 Å². The summed E-state index contributed by atoms with van der Waals surface area (Å²) in [4.78, 5) is 12.7. The molecular weight excluding hydrogens is 198 g/mol. The van der Waals surface area contributed by atoms with E-state index >= 15 is 0 Å². The summed E-state index contributed by atoms with van der Waals surface area (Å²) in [6, 6.07) is 0. The topological polar surface area (TPSA) is 47.9 Å². The zero-order chi connectivity index (χ0) is 9.60. The first-order chi connectivity index (χ1) is 6.84. The van der Waals surface area contributed by atoms with Gasteiger partial charge in [0, 0.05) is 7.11 Å². The second-order valence-corrected chi connectivity index (χ2v) is 4.21. The van der Waals surface area contributed by atoms with Crippen LogP contribution in [-0.2, 0) is 10.3 Å². The molecule has 0 amide bonds. The van der Waals surface area contributed by atoms with Gasteiger partial charge in [-0.1, -0.05) is 0 Å². The molecule has 0 unspecified atom stereocenters. The summed E-state index contributed by atoms with van der Waals surface area (Å²) in [7, 11) is 1.70. The van der Waals surface area contributed by atoms with E-state index in [0.29, 0.717) is 0 Å². The Bertz CT molecular complexity index is 478. The second kappa shape index (κ2) is 2.71. The predicted octanol–water partition coefficient (Wildman–Crippen LogP) is 1.52. The first-order valence-corrected chi connectivity index (χ1v) is 5.21. The van der Waals surface area contributed by atoms with Gasteiger partial charge in [0.1, 0.15) is 5.60 Å². The highest BCUT2D eigenvalue weighted by Crippen LogP contribution is 2.47. The number of ether oxygens (including phenoxy) is 1. The van der Waals surface area contributed by atoms with Crippen molar-refractivity contribution in [3.8, 4) is 0 Å². The molecule has 5 heteroatoms. The fourth-order valence-corrected chi connectivity index (χ4v) is 2.00. The van der Waals surface area contributed by atoms with Crippen molar-refractivity contribution in [2.75, 3.05) is 7.11 Å². The van der Waals surface area contributed by atoms with E-state index in [1.54, 1.807) is 13.3 Å². The Morgan fingerprint density at radius 2 is 2.43 bits per heavy atom. The van der Waals surface area contributed by atoms with Crippen LogP contribution >= 0.6 is 11.3 Å². The van der Waals surface area contributed by atoms with Crippen molar-refractivity contribution in [2.45, 2.75) is 18.4 Å². The lowest BCUT2D eigenvalue weighted by Gasteiger charge is -2.10. The normalized spacial score (nSPS) is 18.6. The van der Waals surface area contributed by atoms with Crippen LogP contribution in [0.5, 0.6) is 0 Å². The van der Waals surface area contributed by atoms with Crippen molar-refractivity contribution in [3.63, 3.8) is 0 Å². The van der Waals surface area contributed by atoms with Gasteiger partial charge in [-0.25, -0.2) is 15.0 Å². The Morgan fingerprint density at radius 3 is 3.14 bits per heavy atom. The first kappa shape index (κ1) is 8.26. The molecule has 0 spiro atoms. The maximum Gasteiger partial charge on any atom is 0.174 e. The molecule has 0 saturated heterocycles. The zero-order valence-corrected chi connectivity index (χ0v) is 8.47. The van der Waals surface area contributed by atoms with Crippen molar-refractivity contribution in [1.29, 1.82) is 0 Å². The summed E-state index contributed by atoms with van der Waals surface area (Å²) in [6.07, 6.45) is 3.80. The van der Waals surface area contributed by atoms with E-state index in [4.69, 9.17) is 4.74 Å². The molecule has 0 atom stereocenters. The molecule has 4 nitrogen and oxygen atoms in total. The molecule has 0 aliphatic heterocycles. The number of aromatic nitrogens is 3. The van der Waals surface area contributed by atoms with Crippen LogP contribution in [0.3, 0.4) is 0 Å². The predicted molar refractivity (Wildman–Crippen MR) is 52.0 cm³/mol.